The largest absolute Gasteiger partial charge is 0.389 e. The van der Waals surface area contributed by atoms with E-state index >= 15 is 0 Å². The molecule has 1 unspecified atom stereocenters. The molecule has 0 spiro atoms. The van der Waals surface area contributed by atoms with Gasteiger partial charge in [0.25, 0.3) is 10.0 Å². The lowest BCUT2D eigenvalue weighted by Gasteiger charge is -2.14. The van der Waals surface area contributed by atoms with Gasteiger partial charge in [0.1, 0.15) is 9.20 Å². The molecule has 0 radical (unpaired) electrons. The Hall–Kier alpha value is -0.990. The first-order valence-corrected chi connectivity index (χ1v) is 9.05. The van der Waals surface area contributed by atoms with Crippen LogP contribution in [-0.4, -0.2) is 13.4 Å². The molecule has 21 heavy (non-hydrogen) atoms. The average Bonchev–Trinajstić information content (AvgIpc) is 2.88. The van der Waals surface area contributed by atoms with Gasteiger partial charge < -0.3 is 5.73 Å². The Balaban J connectivity index is 2.22. The van der Waals surface area contributed by atoms with E-state index in [0.29, 0.717) is 9.90 Å². The van der Waals surface area contributed by atoms with Gasteiger partial charge in [-0.1, -0.05) is 36.0 Å². The highest BCUT2D eigenvalue weighted by atomic mass is 35.5. The summed E-state index contributed by atoms with van der Waals surface area (Å²) in [5.74, 6) is 0. The van der Waals surface area contributed by atoms with E-state index in [4.69, 9.17) is 29.6 Å². The Kier molecular flexibility index (Phi) is 5.00. The number of nitrogens with two attached hydrogens (primary N) is 1. The van der Waals surface area contributed by atoms with E-state index in [-0.39, 0.29) is 9.20 Å². The number of thiophene rings is 1. The summed E-state index contributed by atoms with van der Waals surface area (Å²) in [4.78, 5) is 0.755. The van der Waals surface area contributed by atoms with Crippen molar-refractivity contribution < 1.29 is 8.42 Å². The first kappa shape index (κ1) is 16.4. The van der Waals surface area contributed by atoms with Gasteiger partial charge in [0.2, 0.25) is 0 Å². The molecule has 8 heteroatoms. The number of hydrogen-bond donors (Lipinski definition) is 2. The predicted molar refractivity (Wildman–Crippen MR) is 90.4 cm³/mol. The van der Waals surface area contributed by atoms with Crippen LogP contribution in [0, 0.1) is 0 Å². The fourth-order valence-corrected chi connectivity index (χ4v) is 4.53. The molecule has 1 aromatic carbocycles. The Morgan fingerprint density at radius 3 is 2.67 bits per heavy atom. The van der Waals surface area contributed by atoms with Gasteiger partial charge in [0.15, 0.2) is 0 Å². The molecule has 2 rings (SSSR count). The van der Waals surface area contributed by atoms with Crippen LogP contribution in [0.1, 0.15) is 23.4 Å². The van der Waals surface area contributed by atoms with Crippen molar-refractivity contribution in [1.29, 1.82) is 0 Å². The maximum absolute atomic E-state index is 12.3. The molecule has 1 heterocycles. The molecule has 2 aromatic rings. The molecule has 1 aromatic heterocycles. The van der Waals surface area contributed by atoms with Gasteiger partial charge in [-0.3, -0.25) is 0 Å². The van der Waals surface area contributed by atoms with Crippen LogP contribution in [0.3, 0.4) is 0 Å². The Morgan fingerprint density at radius 2 is 2.10 bits per heavy atom. The number of rotatable bonds is 5. The smallest absolute Gasteiger partial charge is 0.250 e. The van der Waals surface area contributed by atoms with E-state index in [1.165, 1.54) is 6.07 Å². The third-order valence-electron chi connectivity index (χ3n) is 2.77. The topological polar surface area (TPSA) is 72.2 Å². The van der Waals surface area contributed by atoms with Crippen LogP contribution in [0.25, 0.3) is 0 Å². The zero-order chi connectivity index (χ0) is 15.6. The highest BCUT2D eigenvalue weighted by Gasteiger charge is 2.21. The van der Waals surface area contributed by atoms with Gasteiger partial charge in [0, 0.05) is 11.1 Å². The SMILES string of the molecule is CC(NS(=O)(=O)c1ccc(C(N)=S)s1)c1cccc(Cl)c1. The van der Waals surface area contributed by atoms with Crippen LogP contribution in [0.15, 0.2) is 40.6 Å². The number of nitrogens with one attached hydrogen (secondary N) is 1. The number of benzene rings is 1. The number of hydrogen-bond acceptors (Lipinski definition) is 4. The molecule has 0 fully saturated rings. The van der Waals surface area contributed by atoms with E-state index in [1.807, 2.05) is 6.07 Å². The van der Waals surface area contributed by atoms with Crippen LogP contribution in [0.2, 0.25) is 5.02 Å². The Labute approximate surface area is 138 Å². The second kappa shape index (κ2) is 6.41. The average molecular weight is 361 g/mol. The molecule has 112 valence electrons. The van der Waals surface area contributed by atoms with Gasteiger partial charge in [-0.05, 0) is 36.8 Å². The van der Waals surface area contributed by atoms with Crippen LogP contribution >= 0.6 is 35.2 Å². The molecular weight excluding hydrogens is 348 g/mol. The fourth-order valence-electron chi connectivity index (χ4n) is 1.73. The zero-order valence-electron chi connectivity index (χ0n) is 11.0. The van der Waals surface area contributed by atoms with Gasteiger partial charge in [-0.25, -0.2) is 13.1 Å². The second-order valence-electron chi connectivity index (χ2n) is 4.38. The van der Waals surface area contributed by atoms with Crippen molar-refractivity contribution in [2.24, 2.45) is 5.73 Å². The lowest BCUT2D eigenvalue weighted by molar-refractivity contribution is 0.569. The summed E-state index contributed by atoms with van der Waals surface area (Å²) in [5.41, 5.74) is 6.28. The third kappa shape index (κ3) is 4.02. The molecule has 0 aliphatic carbocycles. The normalized spacial score (nSPS) is 13.0. The molecule has 0 bridgehead atoms. The summed E-state index contributed by atoms with van der Waals surface area (Å²) in [7, 11) is -3.62. The Morgan fingerprint density at radius 1 is 1.38 bits per heavy atom. The van der Waals surface area contributed by atoms with Crippen LogP contribution in [-0.2, 0) is 10.0 Å². The zero-order valence-corrected chi connectivity index (χ0v) is 14.2. The lowest BCUT2D eigenvalue weighted by atomic mass is 10.1. The van der Waals surface area contributed by atoms with Gasteiger partial charge in [0.05, 0.1) is 4.88 Å². The molecule has 0 saturated carbocycles. The van der Waals surface area contributed by atoms with E-state index in [1.54, 1.807) is 31.2 Å². The maximum atomic E-state index is 12.3. The first-order chi connectivity index (χ1) is 9.79. The van der Waals surface area contributed by atoms with Crippen molar-refractivity contribution >= 4 is 50.2 Å². The van der Waals surface area contributed by atoms with Crippen molar-refractivity contribution in [2.75, 3.05) is 0 Å². The summed E-state index contributed by atoms with van der Waals surface area (Å²) in [5, 5.41) is 0.561. The van der Waals surface area contributed by atoms with Crippen molar-refractivity contribution in [3.8, 4) is 0 Å². The monoisotopic (exact) mass is 360 g/mol. The number of thiocarbonyl (C=S) groups is 1. The first-order valence-electron chi connectivity index (χ1n) is 5.97. The minimum Gasteiger partial charge on any atom is -0.389 e. The van der Waals surface area contributed by atoms with Crippen LogP contribution in [0.5, 0.6) is 0 Å². The highest BCUT2D eigenvalue weighted by Crippen LogP contribution is 2.24. The molecule has 0 saturated heterocycles. The van der Waals surface area contributed by atoms with Crippen LogP contribution < -0.4 is 10.5 Å². The lowest BCUT2D eigenvalue weighted by Crippen LogP contribution is -2.26. The van der Waals surface area contributed by atoms with Crippen LogP contribution in [0.4, 0.5) is 0 Å². The van der Waals surface area contributed by atoms with Gasteiger partial charge in [-0.2, -0.15) is 0 Å². The minimum absolute atomic E-state index is 0.180. The Bertz CT molecular complexity index is 771. The van der Waals surface area contributed by atoms with E-state index in [2.05, 4.69) is 4.72 Å². The van der Waals surface area contributed by atoms with Crippen molar-refractivity contribution in [3.05, 3.63) is 51.9 Å². The highest BCUT2D eigenvalue weighted by molar-refractivity contribution is 7.91. The molecule has 3 N–H and O–H groups in total. The van der Waals surface area contributed by atoms with Crippen molar-refractivity contribution in [2.45, 2.75) is 17.2 Å². The standard InChI is InChI=1S/C13H13ClN2O2S3/c1-8(9-3-2-4-10(14)7-9)16-21(17,18)12-6-5-11(20-12)13(15)19/h2-8,16H,1H3,(H2,15,19). The summed E-state index contributed by atoms with van der Waals surface area (Å²) in [6, 6.07) is 9.75. The predicted octanol–water partition coefficient (Wildman–Crippen LogP) is 3.08. The molecule has 1 atom stereocenters. The van der Waals surface area contributed by atoms with E-state index < -0.39 is 16.1 Å². The molecule has 0 aliphatic rings. The number of sulfonamides is 1. The molecule has 4 nitrogen and oxygen atoms in total. The van der Waals surface area contributed by atoms with Gasteiger partial charge in [-0.15, -0.1) is 11.3 Å². The summed E-state index contributed by atoms with van der Waals surface area (Å²) < 4.78 is 27.4. The van der Waals surface area contributed by atoms with E-state index in [0.717, 1.165) is 16.9 Å². The maximum Gasteiger partial charge on any atom is 0.250 e. The minimum atomic E-state index is -3.62. The molecular formula is C13H13ClN2O2S3. The second-order valence-corrected chi connectivity index (χ2v) is 8.28. The fraction of sp³-hybridized carbons (Fsp3) is 0.154. The summed E-state index contributed by atoms with van der Waals surface area (Å²) in [6.45, 7) is 1.76. The number of halogens is 1. The molecule has 0 amide bonds. The summed E-state index contributed by atoms with van der Waals surface area (Å²) >= 11 is 11.8. The quantitative estimate of drug-likeness (QED) is 0.804. The van der Waals surface area contributed by atoms with Crippen molar-refractivity contribution in [3.63, 3.8) is 0 Å². The molecule has 0 aliphatic heterocycles. The van der Waals surface area contributed by atoms with Gasteiger partial charge >= 0.3 is 0 Å². The third-order valence-corrected chi connectivity index (χ3v) is 6.50. The van der Waals surface area contributed by atoms with Crippen molar-refractivity contribution in [1.82, 2.24) is 4.72 Å². The summed E-state index contributed by atoms with van der Waals surface area (Å²) in [6.07, 6.45) is 0. The van der Waals surface area contributed by atoms with E-state index in [9.17, 15) is 8.42 Å².